The molecule has 1 aliphatic heterocycles. The second-order valence-electron chi connectivity index (χ2n) is 6.67. The maximum atomic E-state index is 12.3. The highest BCUT2D eigenvalue weighted by Crippen LogP contribution is 2.20. The lowest BCUT2D eigenvalue weighted by Crippen LogP contribution is -2.33. The van der Waals surface area contributed by atoms with E-state index in [2.05, 4.69) is 22.2 Å². The van der Waals surface area contributed by atoms with Crippen molar-refractivity contribution in [3.05, 3.63) is 45.7 Å². The number of likely N-dealkylation sites (tertiary alicyclic amines) is 1. The number of aromatic nitrogens is 2. The van der Waals surface area contributed by atoms with Gasteiger partial charge in [-0.1, -0.05) is 0 Å². The van der Waals surface area contributed by atoms with E-state index in [9.17, 15) is 9.59 Å². The quantitative estimate of drug-likeness (QED) is 0.757. The number of pyridine rings is 1. The summed E-state index contributed by atoms with van der Waals surface area (Å²) in [6.45, 7) is 5.73. The van der Waals surface area contributed by atoms with Crippen LogP contribution in [0.1, 0.15) is 34.0 Å². The van der Waals surface area contributed by atoms with Gasteiger partial charge in [0.15, 0.2) is 0 Å². The van der Waals surface area contributed by atoms with Gasteiger partial charge in [0.05, 0.1) is 16.6 Å². The van der Waals surface area contributed by atoms with Crippen molar-refractivity contribution < 1.29 is 9.59 Å². The molecule has 0 unspecified atom stereocenters. The third-order valence-corrected chi connectivity index (χ3v) is 5.78. The molecular weight excluding hydrogens is 348 g/mol. The molecule has 1 N–H and O–H groups in total. The van der Waals surface area contributed by atoms with Crippen molar-refractivity contribution >= 4 is 23.2 Å². The third-order valence-electron chi connectivity index (χ3n) is 4.65. The molecule has 0 saturated carbocycles. The van der Waals surface area contributed by atoms with Gasteiger partial charge in [0.25, 0.3) is 0 Å². The van der Waals surface area contributed by atoms with Gasteiger partial charge in [-0.05, 0) is 38.0 Å². The Morgan fingerprint density at radius 2 is 2.12 bits per heavy atom. The number of hydrogen-bond acceptors (Lipinski definition) is 5. The Bertz CT molecular complexity index is 756. The topological polar surface area (TPSA) is 75.2 Å². The smallest absolute Gasteiger partial charge is 0.225 e. The number of aryl methyl sites for hydroxylation is 3. The molecule has 3 heterocycles. The van der Waals surface area contributed by atoms with Crippen LogP contribution in [0.5, 0.6) is 0 Å². The summed E-state index contributed by atoms with van der Waals surface area (Å²) in [5, 5.41) is 4.09. The maximum absolute atomic E-state index is 12.3. The van der Waals surface area contributed by atoms with Crippen LogP contribution in [0, 0.1) is 19.8 Å². The molecule has 1 saturated heterocycles. The molecule has 0 radical (unpaired) electrons. The molecule has 6 nitrogen and oxygen atoms in total. The summed E-state index contributed by atoms with van der Waals surface area (Å²) in [5.41, 5.74) is 2.12. The van der Waals surface area contributed by atoms with Gasteiger partial charge >= 0.3 is 0 Å². The monoisotopic (exact) mass is 372 g/mol. The molecule has 0 aromatic carbocycles. The molecule has 2 aromatic heterocycles. The van der Waals surface area contributed by atoms with E-state index in [1.807, 2.05) is 19.1 Å². The van der Waals surface area contributed by atoms with Crippen molar-refractivity contribution in [3.63, 3.8) is 0 Å². The van der Waals surface area contributed by atoms with E-state index in [0.29, 0.717) is 26.1 Å². The fourth-order valence-electron chi connectivity index (χ4n) is 3.05. The average Bonchev–Trinajstić information content (AvgIpc) is 3.15. The van der Waals surface area contributed by atoms with Crippen molar-refractivity contribution in [2.75, 3.05) is 13.1 Å². The van der Waals surface area contributed by atoms with Crippen molar-refractivity contribution in [3.8, 4) is 0 Å². The number of hydrogen-bond donors (Lipinski definition) is 1. The minimum absolute atomic E-state index is 0.0259. The summed E-state index contributed by atoms with van der Waals surface area (Å²) in [6, 6.07) is 3.78. The number of carbonyl (C=O) groups excluding carboxylic acids is 2. The maximum Gasteiger partial charge on any atom is 0.225 e. The first-order valence-electron chi connectivity index (χ1n) is 8.90. The predicted molar refractivity (Wildman–Crippen MR) is 101 cm³/mol. The van der Waals surface area contributed by atoms with E-state index in [1.54, 1.807) is 28.6 Å². The molecule has 0 spiro atoms. The molecule has 0 aliphatic carbocycles. The number of amides is 2. The number of nitrogens with one attached hydrogen (secondary N) is 1. The minimum Gasteiger partial charge on any atom is -0.356 e. The molecule has 1 aliphatic rings. The molecule has 0 bridgehead atoms. The summed E-state index contributed by atoms with van der Waals surface area (Å²) in [5.74, 6) is -0.244. The fraction of sp³-hybridized carbons (Fsp3) is 0.474. The van der Waals surface area contributed by atoms with Gasteiger partial charge in [-0.25, -0.2) is 4.98 Å². The number of rotatable bonds is 7. The molecule has 138 valence electrons. The van der Waals surface area contributed by atoms with Gasteiger partial charge in [0.1, 0.15) is 0 Å². The van der Waals surface area contributed by atoms with Crippen LogP contribution >= 0.6 is 11.3 Å². The fourth-order valence-corrected chi connectivity index (χ4v) is 4.03. The number of nitrogens with zero attached hydrogens (tertiary/aromatic N) is 3. The normalized spacial score (nSPS) is 16.9. The van der Waals surface area contributed by atoms with Crippen LogP contribution in [0.15, 0.2) is 24.5 Å². The Labute approximate surface area is 157 Å². The SMILES string of the molecule is Cc1nc(CCCNC(=O)[C@H]2CC(=O)N(Cc3ccncc3)C2)sc1C. The summed E-state index contributed by atoms with van der Waals surface area (Å²) < 4.78 is 0. The first kappa shape index (κ1) is 18.5. The largest absolute Gasteiger partial charge is 0.356 e. The highest BCUT2D eigenvalue weighted by Gasteiger charge is 2.33. The highest BCUT2D eigenvalue weighted by atomic mass is 32.1. The second-order valence-corrected chi connectivity index (χ2v) is 7.96. The van der Waals surface area contributed by atoms with Crippen molar-refractivity contribution in [1.82, 2.24) is 20.2 Å². The van der Waals surface area contributed by atoms with Gasteiger partial charge in [0.2, 0.25) is 11.8 Å². The zero-order valence-electron chi connectivity index (χ0n) is 15.2. The zero-order valence-corrected chi connectivity index (χ0v) is 16.0. The summed E-state index contributed by atoms with van der Waals surface area (Å²) >= 11 is 1.72. The van der Waals surface area contributed by atoms with Crippen LogP contribution in [0.2, 0.25) is 0 Å². The lowest BCUT2D eigenvalue weighted by atomic mass is 10.1. The lowest BCUT2D eigenvalue weighted by Gasteiger charge is -2.16. The summed E-state index contributed by atoms with van der Waals surface area (Å²) in [4.78, 5) is 36.0. The van der Waals surface area contributed by atoms with Crippen molar-refractivity contribution in [1.29, 1.82) is 0 Å². The number of carbonyl (C=O) groups is 2. The van der Waals surface area contributed by atoms with Gasteiger partial charge in [-0.3, -0.25) is 14.6 Å². The standard InChI is InChI=1S/C19H24N4O2S/c1-13-14(2)26-17(22-13)4-3-7-21-19(25)16-10-18(24)23(12-16)11-15-5-8-20-9-6-15/h5-6,8-9,16H,3-4,7,10-12H2,1-2H3,(H,21,25)/t16-/m0/s1. The van der Waals surface area contributed by atoms with Crippen molar-refractivity contribution in [2.24, 2.45) is 5.92 Å². The third kappa shape index (κ3) is 4.66. The summed E-state index contributed by atoms with van der Waals surface area (Å²) in [7, 11) is 0. The van der Waals surface area contributed by atoms with Gasteiger partial charge in [-0.2, -0.15) is 0 Å². The van der Waals surface area contributed by atoms with E-state index in [0.717, 1.165) is 29.1 Å². The van der Waals surface area contributed by atoms with Crippen LogP contribution in [0.3, 0.4) is 0 Å². The Morgan fingerprint density at radius 3 is 2.81 bits per heavy atom. The van der Waals surface area contributed by atoms with Gasteiger partial charge in [0, 0.05) is 49.7 Å². The molecule has 7 heteroatoms. The first-order chi connectivity index (χ1) is 12.5. The van der Waals surface area contributed by atoms with Crippen LogP contribution in [-0.4, -0.2) is 39.8 Å². The molecule has 1 atom stereocenters. The highest BCUT2D eigenvalue weighted by molar-refractivity contribution is 7.11. The Morgan fingerprint density at radius 1 is 1.35 bits per heavy atom. The van der Waals surface area contributed by atoms with Crippen LogP contribution in [-0.2, 0) is 22.6 Å². The van der Waals surface area contributed by atoms with Gasteiger partial charge in [-0.15, -0.1) is 11.3 Å². The molecule has 2 aromatic rings. The summed E-state index contributed by atoms with van der Waals surface area (Å²) in [6.07, 6.45) is 5.45. The van der Waals surface area contributed by atoms with E-state index in [4.69, 9.17) is 0 Å². The molecule has 3 rings (SSSR count). The van der Waals surface area contributed by atoms with Gasteiger partial charge < -0.3 is 10.2 Å². The molecule has 1 fully saturated rings. The van der Waals surface area contributed by atoms with Crippen LogP contribution in [0.4, 0.5) is 0 Å². The second kappa shape index (κ2) is 8.40. The van der Waals surface area contributed by atoms with E-state index < -0.39 is 0 Å². The minimum atomic E-state index is -0.256. The number of thiazole rings is 1. The molecular formula is C19H24N4O2S. The van der Waals surface area contributed by atoms with E-state index in [-0.39, 0.29) is 17.7 Å². The predicted octanol–water partition coefficient (Wildman–Crippen LogP) is 2.25. The Kier molecular flexibility index (Phi) is 5.98. The lowest BCUT2D eigenvalue weighted by molar-refractivity contribution is -0.129. The van der Waals surface area contributed by atoms with E-state index in [1.165, 1.54) is 4.88 Å². The molecule has 26 heavy (non-hydrogen) atoms. The zero-order chi connectivity index (χ0) is 18.5. The van der Waals surface area contributed by atoms with Crippen LogP contribution in [0.25, 0.3) is 0 Å². The van der Waals surface area contributed by atoms with E-state index >= 15 is 0 Å². The Hall–Kier alpha value is -2.28. The first-order valence-corrected chi connectivity index (χ1v) is 9.72. The van der Waals surface area contributed by atoms with Crippen molar-refractivity contribution in [2.45, 2.75) is 39.7 Å². The Balaban J connectivity index is 1.41. The molecule has 2 amide bonds. The van der Waals surface area contributed by atoms with Crippen LogP contribution < -0.4 is 5.32 Å². The average molecular weight is 372 g/mol.